The lowest BCUT2D eigenvalue weighted by Gasteiger charge is -2.20. The highest BCUT2D eigenvalue weighted by Gasteiger charge is 2.24. The number of primary sulfonamides is 1. The van der Waals surface area contributed by atoms with E-state index in [0.29, 0.717) is 22.1 Å². The van der Waals surface area contributed by atoms with Crippen LogP contribution in [0.4, 0.5) is 5.69 Å². The van der Waals surface area contributed by atoms with Crippen LogP contribution in [0.3, 0.4) is 0 Å². The normalized spacial score (nSPS) is 13.4. The zero-order valence-electron chi connectivity index (χ0n) is 20.0. The SMILES string of the molecule is CN=C/C(=C\N)c1oc2c([C@@H](C)Nc3ccc(Cl)nc3S(N)(=O)=O)cc(C)cc2c(=O)c1-c1cnoc1. The predicted octanol–water partition coefficient (Wildman–Crippen LogP) is 3.63. The molecule has 0 radical (unpaired) electrons. The van der Waals surface area contributed by atoms with Gasteiger partial charge in [-0.2, -0.15) is 0 Å². The van der Waals surface area contributed by atoms with Crippen molar-refractivity contribution in [2.45, 2.75) is 24.9 Å². The van der Waals surface area contributed by atoms with Crippen LogP contribution in [0.2, 0.25) is 5.15 Å². The van der Waals surface area contributed by atoms with Gasteiger partial charge >= 0.3 is 0 Å². The quantitative estimate of drug-likeness (QED) is 0.232. The van der Waals surface area contributed by atoms with Crippen molar-refractivity contribution in [1.82, 2.24) is 10.1 Å². The number of aromatic nitrogens is 2. The number of hydrogen-bond acceptors (Lipinski definition) is 10. The van der Waals surface area contributed by atoms with Crippen molar-refractivity contribution in [2.24, 2.45) is 15.9 Å². The molecule has 0 fully saturated rings. The van der Waals surface area contributed by atoms with Crippen LogP contribution in [0.1, 0.15) is 29.9 Å². The molecule has 5 N–H and O–H groups in total. The fraction of sp³-hybridized carbons (Fsp3) is 0.167. The number of halogens is 1. The van der Waals surface area contributed by atoms with Crippen LogP contribution in [-0.4, -0.2) is 31.8 Å². The molecule has 1 aromatic carbocycles. The number of rotatable bonds is 7. The summed E-state index contributed by atoms with van der Waals surface area (Å²) in [6.07, 6.45) is 5.49. The van der Waals surface area contributed by atoms with E-state index >= 15 is 0 Å². The van der Waals surface area contributed by atoms with Gasteiger partial charge in [0.1, 0.15) is 22.8 Å². The Labute approximate surface area is 216 Å². The van der Waals surface area contributed by atoms with E-state index in [-0.39, 0.29) is 33.2 Å². The van der Waals surface area contributed by atoms with E-state index < -0.39 is 21.1 Å². The first-order valence-electron chi connectivity index (χ1n) is 10.9. The van der Waals surface area contributed by atoms with Crippen LogP contribution >= 0.6 is 11.6 Å². The molecule has 0 saturated carbocycles. The zero-order chi connectivity index (χ0) is 26.9. The first-order valence-corrected chi connectivity index (χ1v) is 12.8. The summed E-state index contributed by atoms with van der Waals surface area (Å²) < 4.78 is 35.5. The van der Waals surface area contributed by atoms with Crippen LogP contribution in [0.5, 0.6) is 0 Å². The maximum atomic E-state index is 13.8. The summed E-state index contributed by atoms with van der Waals surface area (Å²) in [4.78, 5) is 21.7. The number of nitrogens with two attached hydrogens (primary N) is 2. The Bertz CT molecular complexity index is 1710. The number of allylic oxidation sites excluding steroid dienone is 1. The average molecular weight is 543 g/mol. The number of anilines is 1. The van der Waals surface area contributed by atoms with Crippen LogP contribution in [0.25, 0.3) is 27.7 Å². The summed E-state index contributed by atoms with van der Waals surface area (Å²) in [5.41, 5.74) is 8.26. The fourth-order valence-corrected chi connectivity index (χ4v) is 4.82. The molecule has 0 aliphatic rings. The Morgan fingerprint density at radius 3 is 2.68 bits per heavy atom. The van der Waals surface area contributed by atoms with E-state index in [1.807, 2.05) is 13.0 Å². The third-order valence-electron chi connectivity index (χ3n) is 5.53. The fourth-order valence-electron chi connectivity index (χ4n) is 3.96. The molecule has 4 rings (SSSR count). The molecule has 11 nitrogen and oxygen atoms in total. The summed E-state index contributed by atoms with van der Waals surface area (Å²) in [6, 6.07) is 5.87. The average Bonchev–Trinajstić information content (AvgIpc) is 3.37. The van der Waals surface area contributed by atoms with Gasteiger partial charge in [0.05, 0.1) is 34.4 Å². The lowest BCUT2D eigenvalue weighted by atomic mass is 9.97. The van der Waals surface area contributed by atoms with Gasteiger partial charge in [-0.1, -0.05) is 22.8 Å². The van der Waals surface area contributed by atoms with E-state index in [1.54, 1.807) is 20.0 Å². The highest BCUT2D eigenvalue weighted by Crippen LogP contribution is 2.34. The highest BCUT2D eigenvalue weighted by atomic mass is 35.5. The van der Waals surface area contributed by atoms with Gasteiger partial charge in [-0.05, 0) is 37.6 Å². The van der Waals surface area contributed by atoms with Gasteiger partial charge in [-0.15, -0.1) is 0 Å². The van der Waals surface area contributed by atoms with Crippen molar-refractivity contribution in [2.75, 3.05) is 12.4 Å². The second kappa shape index (κ2) is 10.2. The minimum Gasteiger partial charge on any atom is -0.455 e. The van der Waals surface area contributed by atoms with E-state index in [0.717, 1.165) is 5.56 Å². The van der Waals surface area contributed by atoms with Crippen molar-refractivity contribution in [3.63, 3.8) is 0 Å². The van der Waals surface area contributed by atoms with Gasteiger partial charge < -0.3 is 20.0 Å². The Balaban J connectivity index is 1.98. The summed E-state index contributed by atoms with van der Waals surface area (Å²) in [6.45, 7) is 3.60. The molecule has 0 aliphatic heterocycles. The minimum atomic E-state index is -4.18. The number of aliphatic imine (C=N–C) groups is 1. The van der Waals surface area contributed by atoms with E-state index in [9.17, 15) is 13.2 Å². The number of pyridine rings is 1. The van der Waals surface area contributed by atoms with Crippen LogP contribution in [0.15, 0.2) is 66.7 Å². The second-order valence-corrected chi connectivity index (χ2v) is 10.1. The monoisotopic (exact) mass is 542 g/mol. The van der Waals surface area contributed by atoms with Crippen LogP contribution < -0.4 is 21.6 Å². The maximum Gasteiger partial charge on any atom is 0.257 e. The van der Waals surface area contributed by atoms with Crippen LogP contribution in [-0.2, 0) is 10.0 Å². The molecule has 0 unspecified atom stereocenters. The van der Waals surface area contributed by atoms with Crippen molar-refractivity contribution >= 4 is 50.1 Å². The van der Waals surface area contributed by atoms with E-state index in [2.05, 4.69) is 20.4 Å². The van der Waals surface area contributed by atoms with Gasteiger partial charge in [0.25, 0.3) is 10.0 Å². The molecule has 3 aromatic heterocycles. The van der Waals surface area contributed by atoms with Crippen molar-refractivity contribution in [3.05, 3.63) is 75.2 Å². The molecule has 1 atom stereocenters. The lowest BCUT2D eigenvalue weighted by molar-refractivity contribution is 0.420. The summed E-state index contributed by atoms with van der Waals surface area (Å²) in [5.74, 6) is 0.171. The minimum absolute atomic E-state index is 0.0289. The second-order valence-electron chi connectivity index (χ2n) is 8.19. The molecule has 0 saturated heterocycles. The third kappa shape index (κ3) is 5.12. The number of benzene rings is 1. The Hall–Kier alpha value is -4.00. The van der Waals surface area contributed by atoms with Crippen molar-refractivity contribution < 1.29 is 17.4 Å². The summed E-state index contributed by atoms with van der Waals surface area (Å²) in [5, 5.41) is 12.0. The summed E-state index contributed by atoms with van der Waals surface area (Å²) >= 11 is 5.89. The molecule has 0 amide bonds. The van der Waals surface area contributed by atoms with Crippen molar-refractivity contribution in [3.8, 4) is 11.1 Å². The molecule has 0 spiro atoms. The lowest BCUT2D eigenvalue weighted by Crippen LogP contribution is -2.18. The molecule has 37 heavy (non-hydrogen) atoms. The number of fused-ring (bicyclic) bond motifs is 1. The highest BCUT2D eigenvalue weighted by molar-refractivity contribution is 7.89. The summed E-state index contributed by atoms with van der Waals surface area (Å²) in [7, 11) is -2.62. The Morgan fingerprint density at radius 2 is 2.05 bits per heavy atom. The topological polar surface area (TPSA) is 180 Å². The molecule has 4 aromatic rings. The number of hydrogen-bond donors (Lipinski definition) is 3. The van der Waals surface area contributed by atoms with Gasteiger partial charge in [-0.3, -0.25) is 9.79 Å². The van der Waals surface area contributed by atoms with Crippen LogP contribution in [0, 0.1) is 6.92 Å². The van der Waals surface area contributed by atoms with Gasteiger partial charge in [-0.25, -0.2) is 18.5 Å². The largest absolute Gasteiger partial charge is 0.455 e. The van der Waals surface area contributed by atoms with Gasteiger partial charge in [0.15, 0.2) is 5.03 Å². The molecule has 13 heteroatoms. The smallest absolute Gasteiger partial charge is 0.257 e. The predicted molar refractivity (Wildman–Crippen MR) is 142 cm³/mol. The van der Waals surface area contributed by atoms with Crippen molar-refractivity contribution in [1.29, 1.82) is 0 Å². The number of sulfonamides is 1. The van der Waals surface area contributed by atoms with Gasteiger partial charge in [0.2, 0.25) is 5.43 Å². The van der Waals surface area contributed by atoms with E-state index in [4.69, 9.17) is 31.4 Å². The maximum absolute atomic E-state index is 13.8. The Kier molecular flexibility index (Phi) is 7.16. The zero-order valence-corrected chi connectivity index (χ0v) is 21.6. The first-order chi connectivity index (χ1) is 17.5. The molecular weight excluding hydrogens is 520 g/mol. The molecule has 3 heterocycles. The first kappa shape index (κ1) is 26.1. The third-order valence-corrected chi connectivity index (χ3v) is 6.59. The molecule has 192 valence electrons. The number of aryl methyl sites for hydroxylation is 1. The molecule has 0 aliphatic carbocycles. The molecule has 0 bridgehead atoms. The molecular formula is C24H23ClN6O5S. The number of nitrogens with zero attached hydrogens (tertiary/aromatic N) is 3. The number of nitrogens with one attached hydrogen (secondary N) is 1. The Morgan fingerprint density at radius 1 is 1.30 bits per heavy atom. The standard InChI is InChI=1S/C24H23ClN6O5S/c1-12-6-16(13(2)30-18-4-5-19(25)31-24(18)37(27,33)34)23-17(7-12)21(32)20(15-10-29-35-11-15)22(36-23)14(8-26)9-28-3/h4-11,13,30H,26H2,1-3H3,(H2,27,33,34)/b14-8+,28-9?/t13-/m1/s1. The van der Waals surface area contributed by atoms with Gasteiger partial charge in [0, 0.05) is 30.6 Å². The van der Waals surface area contributed by atoms with E-state index in [1.165, 1.54) is 37.0 Å².